The number of amides is 2. The second-order valence-electron chi connectivity index (χ2n) is 13.1. The zero-order chi connectivity index (χ0) is 33.5. The van der Waals surface area contributed by atoms with Crippen molar-refractivity contribution in [3.8, 4) is 11.5 Å². The molecule has 2 aromatic carbocycles. The number of hydrogen-bond acceptors (Lipinski definition) is 8. The first-order valence-electron chi connectivity index (χ1n) is 15.9. The van der Waals surface area contributed by atoms with Crippen LogP contribution in [-0.4, -0.2) is 67.0 Å². The predicted molar refractivity (Wildman–Crippen MR) is 176 cm³/mol. The van der Waals surface area contributed by atoms with E-state index in [-0.39, 0.29) is 17.6 Å². The summed E-state index contributed by atoms with van der Waals surface area (Å²) in [6.07, 6.45) is 5.10. The third kappa shape index (κ3) is 8.74. The quantitative estimate of drug-likeness (QED) is 0.263. The number of carboxylic acid groups (broad SMARTS) is 1. The van der Waals surface area contributed by atoms with E-state index in [0.29, 0.717) is 55.7 Å². The minimum absolute atomic E-state index is 0.265. The highest BCUT2D eigenvalue weighted by atomic mass is 32.2. The third-order valence-corrected chi connectivity index (χ3v) is 9.77. The van der Waals surface area contributed by atoms with Crippen LogP contribution in [0.4, 0.5) is 5.69 Å². The number of benzene rings is 2. The van der Waals surface area contributed by atoms with Crippen molar-refractivity contribution in [1.82, 2.24) is 5.32 Å². The lowest BCUT2D eigenvalue weighted by molar-refractivity contribution is -0.162. The summed E-state index contributed by atoms with van der Waals surface area (Å²) >= 11 is 1.41. The summed E-state index contributed by atoms with van der Waals surface area (Å²) in [4.78, 5) is 55.2. The molecule has 46 heavy (non-hydrogen) atoms. The molecule has 1 fully saturated rings. The largest absolute Gasteiger partial charge is 0.493 e. The topological polar surface area (TPSA) is 131 Å². The van der Waals surface area contributed by atoms with Crippen molar-refractivity contribution in [3.63, 3.8) is 0 Å². The molecular formula is C35H46N2O8S. The fourth-order valence-corrected chi connectivity index (χ4v) is 7.46. The summed E-state index contributed by atoms with van der Waals surface area (Å²) in [6.45, 7) is 4.99. The van der Waals surface area contributed by atoms with Crippen molar-refractivity contribution in [1.29, 1.82) is 0 Å². The molecule has 0 spiro atoms. The van der Waals surface area contributed by atoms with Crippen molar-refractivity contribution in [2.45, 2.75) is 88.7 Å². The van der Waals surface area contributed by atoms with Gasteiger partial charge in [-0.25, -0.2) is 0 Å². The van der Waals surface area contributed by atoms with Crippen LogP contribution < -0.4 is 19.7 Å². The molecule has 1 aliphatic carbocycles. The number of carbonyl (C=O) groups is 4. The van der Waals surface area contributed by atoms with Gasteiger partial charge >= 0.3 is 11.9 Å². The van der Waals surface area contributed by atoms with Crippen LogP contribution in [0.15, 0.2) is 47.4 Å². The van der Waals surface area contributed by atoms with Crippen molar-refractivity contribution in [2.24, 2.45) is 11.3 Å². The number of carbonyl (C=O) groups excluding carboxylic acids is 3. The Hall–Kier alpha value is -3.73. The number of carboxylic acids is 1. The Morgan fingerprint density at radius 3 is 2.41 bits per heavy atom. The number of nitrogens with zero attached hydrogens (tertiary/aromatic N) is 1. The number of nitrogens with one attached hydrogen (secondary N) is 1. The maximum Gasteiger partial charge on any atom is 0.323 e. The van der Waals surface area contributed by atoms with Gasteiger partial charge in [0, 0.05) is 10.6 Å². The van der Waals surface area contributed by atoms with Crippen LogP contribution in [0.2, 0.25) is 0 Å². The maximum atomic E-state index is 14.2. The summed E-state index contributed by atoms with van der Waals surface area (Å²) in [6, 6.07) is 12.0. The summed E-state index contributed by atoms with van der Waals surface area (Å²) in [5, 5.41) is 12.6. The highest BCUT2D eigenvalue weighted by molar-refractivity contribution is 7.99. The van der Waals surface area contributed by atoms with Gasteiger partial charge in [-0.3, -0.25) is 24.1 Å². The molecule has 2 aliphatic rings. The number of fused-ring (bicyclic) bond motifs is 1. The molecule has 2 amide bonds. The summed E-state index contributed by atoms with van der Waals surface area (Å²) in [5.41, 5.74) is 0.0418. The van der Waals surface area contributed by atoms with Crippen LogP contribution in [0.3, 0.4) is 0 Å². The molecule has 250 valence electrons. The van der Waals surface area contributed by atoms with Gasteiger partial charge in [0.05, 0.1) is 31.2 Å². The number of para-hydroxylation sites is 1. The number of rotatable bonds is 13. The number of anilines is 1. The monoisotopic (exact) mass is 654 g/mol. The Labute approximate surface area is 275 Å². The Balaban J connectivity index is 1.52. The number of esters is 1. The third-order valence-electron chi connectivity index (χ3n) is 8.61. The van der Waals surface area contributed by atoms with E-state index < -0.39 is 41.4 Å². The van der Waals surface area contributed by atoms with Gasteiger partial charge in [0.15, 0.2) is 11.5 Å². The molecule has 1 saturated carbocycles. The molecule has 0 saturated heterocycles. The molecule has 11 heteroatoms. The van der Waals surface area contributed by atoms with Gasteiger partial charge in [0.1, 0.15) is 18.2 Å². The van der Waals surface area contributed by atoms with Crippen LogP contribution in [-0.2, 0) is 30.3 Å². The van der Waals surface area contributed by atoms with Crippen LogP contribution in [0, 0.1) is 11.3 Å². The molecule has 2 N–H and O–H groups in total. The maximum absolute atomic E-state index is 14.2. The van der Waals surface area contributed by atoms with Crippen molar-refractivity contribution in [2.75, 3.05) is 31.4 Å². The molecule has 10 nitrogen and oxygen atoms in total. The van der Waals surface area contributed by atoms with Gasteiger partial charge in [0.25, 0.3) is 5.91 Å². The lowest BCUT2D eigenvalue weighted by atomic mass is 9.75. The minimum Gasteiger partial charge on any atom is -0.493 e. The first-order chi connectivity index (χ1) is 21.9. The Kier molecular flexibility index (Phi) is 11.6. The molecule has 2 aromatic rings. The minimum atomic E-state index is -1.14. The second kappa shape index (κ2) is 15.2. The highest BCUT2D eigenvalue weighted by Crippen LogP contribution is 2.45. The number of ether oxygens (including phenoxy) is 3. The smallest absolute Gasteiger partial charge is 0.323 e. The van der Waals surface area contributed by atoms with Gasteiger partial charge < -0.3 is 24.6 Å². The lowest BCUT2D eigenvalue weighted by Crippen LogP contribution is -2.54. The van der Waals surface area contributed by atoms with Crippen molar-refractivity contribution >= 4 is 41.2 Å². The molecule has 1 aliphatic heterocycles. The molecule has 1 heterocycles. The first kappa shape index (κ1) is 35.1. The van der Waals surface area contributed by atoms with E-state index >= 15 is 0 Å². The predicted octanol–water partition coefficient (Wildman–Crippen LogP) is 5.64. The number of hydrogen-bond donors (Lipinski definition) is 2. The zero-order valence-corrected chi connectivity index (χ0v) is 28.2. The van der Waals surface area contributed by atoms with E-state index in [2.05, 4.69) is 5.32 Å². The number of methoxy groups -OCH3 is 2. The fraction of sp³-hybridized carbons (Fsp3) is 0.543. The first-order valence-corrected chi connectivity index (χ1v) is 16.8. The Bertz CT molecular complexity index is 1420. The molecule has 4 rings (SSSR count). The number of aliphatic carboxylic acids is 1. The summed E-state index contributed by atoms with van der Waals surface area (Å²) in [7, 11) is 3.18. The van der Waals surface area contributed by atoms with E-state index in [1.807, 2.05) is 51.1 Å². The van der Waals surface area contributed by atoms with E-state index in [9.17, 15) is 24.3 Å². The molecule has 0 bridgehead atoms. The second-order valence-corrected chi connectivity index (χ2v) is 14.2. The normalized spacial score (nSPS) is 18.2. The number of aryl methyl sites for hydroxylation is 1. The SMILES string of the molecule is COc1ccc(CCCC(CC2(C(=O)N[C@H]3CSc4ccccc4N(CC(=O)O)C3=O)CCCC2)C(=O)OC(C)(C)C)cc1OC. The van der Waals surface area contributed by atoms with E-state index in [1.54, 1.807) is 26.4 Å². The highest BCUT2D eigenvalue weighted by Gasteiger charge is 2.46. The molecule has 2 atom stereocenters. The Morgan fingerprint density at radius 2 is 1.76 bits per heavy atom. The van der Waals surface area contributed by atoms with Crippen LogP contribution in [0.1, 0.15) is 71.3 Å². The van der Waals surface area contributed by atoms with Crippen molar-refractivity contribution < 1.29 is 38.5 Å². The number of thioether (sulfide) groups is 1. The molecule has 0 aromatic heterocycles. The van der Waals surface area contributed by atoms with Crippen LogP contribution >= 0.6 is 11.8 Å². The van der Waals surface area contributed by atoms with Gasteiger partial charge in [-0.05, 0) is 89.1 Å². The van der Waals surface area contributed by atoms with Crippen LogP contribution in [0.5, 0.6) is 11.5 Å². The lowest BCUT2D eigenvalue weighted by Gasteiger charge is -2.34. The average molecular weight is 655 g/mol. The average Bonchev–Trinajstić information content (AvgIpc) is 3.45. The van der Waals surface area contributed by atoms with Gasteiger partial charge in [0.2, 0.25) is 5.91 Å². The molecule has 0 radical (unpaired) electrons. The summed E-state index contributed by atoms with van der Waals surface area (Å²) in [5.74, 6) is -1.15. The molecule has 1 unspecified atom stereocenters. The molecular weight excluding hydrogens is 608 g/mol. The fourth-order valence-electron chi connectivity index (χ4n) is 6.39. The van der Waals surface area contributed by atoms with Gasteiger partial charge in [-0.2, -0.15) is 0 Å². The van der Waals surface area contributed by atoms with Gasteiger partial charge in [-0.15, -0.1) is 11.8 Å². The summed E-state index contributed by atoms with van der Waals surface area (Å²) < 4.78 is 16.6. The van der Waals surface area contributed by atoms with Crippen molar-refractivity contribution in [3.05, 3.63) is 48.0 Å². The zero-order valence-electron chi connectivity index (χ0n) is 27.4. The van der Waals surface area contributed by atoms with Crippen LogP contribution in [0.25, 0.3) is 0 Å². The van der Waals surface area contributed by atoms with E-state index in [0.717, 1.165) is 23.3 Å². The van der Waals surface area contributed by atoms with E-state index in [1.165, 1.54) is 16.7 Å². The standard InChI is InChI=1S/C35H46N2O8S/c1-34(2,3)45-32(41)24(12-10-11-23-15-16-27(43-4)28(19-23)44-5)20-35(17-8-9-18-35)33(42)36-25-22-46-29-14-7-6-13-26(29)37(31(25)40)21-30(38)39/h6-7,13-16,19,24-25H,8-12,17-18,20-22H2,1-5H3,(H,36,42)(H,38,39)/t24?,25-/m0/s1. The van der Waals surface area contributed by atoms with E-state index in [4.69, 9.17) is 14.2 Å². The van der Waals surface area contributed by atoms with Gasteiger partial charge in [-0.1, -0.05) is 31.0 Å². The Morgan fingerprint density at radius 1 is 1.07 bits per heavy atom.